The first-order valence-electron chi connectivity index (χ1n) is 5.17. The molecule has 0 spiro atoms. The quantitative estimate of drug-likeness (QED) is 0.771. The molecule has 5 nitrogen and oxygen atoms in total. The molecule has 0 amide bonds. The van der Waals surface area contributed by atoms with Gasteiger partial charge in [0.1, 0.15) is 6.04 Å². The summed E-state index contributed by atoms with van der Waals surface area (Å²) in [5, 5.41) is 3.11. The normalized spacial score (nSPS) is 14.2. The van der Waals surface area contributed by atoms with E-state index in [4.69, 9.17) is 0 Å². The Morgan fingerprint density at radius 1 is 1.38 bits per heavy atom. The number of aryl methyl sites for hydroxylation is 1. The Balaban J connectivity index is 2.69. The van der Waals surface area contributed by atoms with E-state index in [9.17, 15) is 4.79 Å². The maximum atomic E-state index is 11.2. The summed E-state index contributed by atoms with van der Waals surface area (Å²) in [6, 6.07) is -0.399. The van der Waals surface area contributed by atoms with E-state index < -0.39 is 0 Å². The molecule has 0 bridgehead atoms. The first kappa shape index (κ1) is 12.6. The number of hydrogen-bond donors (Lipinski definition) is 1. The summed E-state index contributed by atoms with van der Waals surface area (Å²) in [6.07, 6.45) is 3.29. The number of hydrogen-bond acceptors (Lipinski definition) is 5. The van der Waals surface area contributed by atoms with Crippen LogP contribution in [0.3, 0.4) is 0 Å². The average molecular weight is 223 g/mol. The molecule has 0 aromatic carbocycles. The molecular formula is C11H17N3O2. The van der Waals surface area contributed by atoms with E-state index in [-0.39, 0.29) is 18.1 Å². The van der Waals surface area contributed by atoms with E-state index in [0.29, 0.717) is 0 Å². The molecule has 1 unspecified atom stereocenters. The molecule has 1 heterocycles. The van der Waals surface area contributed by atoms with Crippen molar-refractivity contribution in [2.45, 2.75) is 32.9 Å². The smallest absolute Gasteiger partial charge is 0.322 e. The van der Waals surface area contributed by atoms with Gasteiger partial charge in [0, 0.05) is 18.4 Å². The zero-order valence-electron chi connectivity index (χ0n) is 10.0. The Bertz CT molecular complexity index is 368. The molecule has 5 heteroatoms. The summed E-state index contributed by atoms with van der Waals surface area (Å²) >= 11 is 0. The van der Waals surface area contributed by atoms with Crippen molar-refractivity contribution in [2.24, 2.45) is 0 Å². The van der Waals surface area contributed by atoms with Gasteiger partial charge in [-0.1, -0.05) is 0 Å². The largest absolute Gasteiger partial charge is 0.468 e. The highest BCUT2D eigenvalue weighted by Gasteiger charge is 2.18. The molecule has 16 heavy (non-hydrogen) atoms. The van der Waals surface area contributed by atoms with Gasteiger partial charge in [0.2, 0.25) is 0 Å². The van der Waals surface area contributed by atoms with Crippen LogP contribution in [0.5, 0.6) is 0 Å². The molecule has 0 radical (unpaired) electrons. The van der Waals surface area contributed by atoms with Gasteiger partial charge in [0.05, 0.1) is 18.5 Å². The summed E-state index contributed by atoms with van der Waals surface area (Å²) in [6.45, 7) is 5.59. The lowest BCUT2D eigenvalue weighted by Gasteiger charge is -2.18. The predicted octanol–water partition coefficient (Wildman–Crippen LogP) is 0.997. The van der Waals surface area contributed by atoms with E-state index in [2.05, 4.69) is 20.0 Å². The SMILES string of the molecule is COC(=O)[C@H](C)NC(C)c1nccnc1C. The van der Waals surface area contributed by atoms with Gasteiger partial charge in [-0.3, -0.25) is 20.1 Å². The molecule has 0 saturated carbocycles. The highest BCUT2D eigenvalue weighted by molar-refractivity contribution is 5.75. The Labute approximate surface area is 95.3 Å². The number of rotatable bonds is 4. The van der Waals surface area contributed by atoms with Gasteiger partial charge in [-0.25, -0.2) is 0 Å². The van der Waals surface area contributed by atoms with Crippen LogP contribution in [0.1, 0.15) is 31.3 Å². The number of methoxy groups -OCH3 is 1. The second-order valence-electron chi connectivity index (χ2n) is 3.66. The van der Waals surface area contributed by atoms with Crippen molar-refractivity contribution in [3.05, 3.63) is 23.8 Å². The molecule has 0 aliphatic heterocycles. The third-order valence-electron chi connectivity index (χ3n) is 2.38. The van der Waals surface area contributed by atoms with Gasteiger partial charge in [-0.05, 0) is 20.8 Å². The maximum Gasteiger partial charge on any atom is 0.322 e. The molecule has 0 aliphatic rings. The number of nitrogens with zero attached hydrogens (tertiary/aromatic N) is 2. The molecule has 1 rings (SSSR count). The van der Waals surface area contributed by atoms with Crippen LogP contribution >= 0.6 is 0 Å². The van der Waals surface area contributed by atoms with Crippen LogP contribution in [-0.4, -0.2) is 29.1 Å². The van der Waals surface area contributed by atoms with Gasteiger partial charge in [0.25, 0.3) is 0 Å². The molecular weight excluding hydrogens is 206 g/mol. The number of carbonyl (C=O) groups is 1. The fourth-order valence-electron chi connectivity index (χ4n) is 1.54. The molecule has 0 fully saturated rings. The second kappa shape index (κ2) is 5.55. The minimum absolute atomic E-state index is 0.0391. The van der Waals surface area contributed by atoms with Crippen LogP contribution in [0.25, 0.3) is 0 Å². The topological polar surface area (TPSA) is 64.1 Å². The highest BCUT2D eigenvalue weighted by atomic mass is 16.5. The summed E-state index contributed by atoms with van der Waals surface area (Å²) < 4.78 is 4.64. The number of carbonyl (C=O) groups excluding carboxylic acids is 1. The van der Waals surface area contributed by atoms with E-state index in [1.165, 1.54) is 7.11 Å². The third kappa shape index (κ3) is 3.00. The van der Waals surface area contributed by atoms with E-state index in [1.54, 1.807) is 19.3 Å². The van der Waals surface area contributed by atoms with Gasteiger partial charge in [0.15, 0.2) is 0 Å². The Kier molecular flexibility index (Phi) is 4.37. The molecule has 1 aromatic heterocycles. The van der Waals surface area contributed by atoms with Crippen LogP contribution in [-0.2, 0) is 9.53 Å². The van der Waals surface area contributed by atoms with Crippen molar-refractivity contribution >= 4 is 5.97 Å². The molecule has 2 atom stereocenters. The number of esters is 1. The number of ether oxygens (including phenoxy) is 1. The van der Waals surface area contributed by atoms with Crippen molar-refractivity contribution in [1.82, 2.24) is 15.3 Å². The molecule has 1 aromatic rings. The van der Waals surface area contributed by atoms with Gasteiger partial charge in [-0.2, -0.15) is 0 Å². The standard InChI is InChI=1S/C11H17N3O2/c1-7-10(13-6-5-12-7)8(2)14-9(3)11(15)16-4/h5-6,8-9,14H,1-4H3/t8?,9-/m0/s1. The van der Waals surface area contributed by atoms with Crippen LogP contribution in [0.15, 0.2) is 12.4 Å². The Morgan fingerprint density at radius 2 is 2.00 bits per heavy atom. The van der Waals surface area contributed by atoms with Crippen molar-refractivity contribution in [1.29, 1.82) is 0 Å². The fourth-order valence-corrected chi connectivity index (χ4v) is 1.54. The summed E-state index contributed by atoms with van der Waals surface area (Å²) in [5.41, 5.74) is 1.71. The predicted molar refractivity (Wildman–Crippen MR) is 59.8 cm³/mol. The lowest BCUT2D eigenvalue weighted by Crippen LogP contribution is -2.37. The number of aromatic nitrogens is 2. The molecule has 1 N–H and O–H groups in total. The Morgan fingerprint density at radius 3 is 2.56 bits per heavy atom. The minimum atomic E-state index is -0.360. The maximum absolute atomic E-state index is 11.2. The van der Waals surface area contributed by atoms with Crippen LogP contribution in [0.4, 0.5) is 0 Å². The van der Waals surface area contributed by atoms with E-state index in [1.807, 2.05) is 13.8 Å². The summed E-state index contributed by atoms with van der Waals surface area (Å²) in [4.78, 5) is 19.6. The first-order valence-corrected chi connectivity index (χ1v) is 5.17. The van der Waals surface area contributed by atoms with Gasteiger partial charge < -0.3 is 4.74 Å². The minimum Gasteiger partial charge on any atom is -0.468 e. The van der Waals surface area contributed by atoms with Crippen LogP contribution < -0.4 is 5.32 Å². The second-order valence-corrected chi connectivity index (χ2v) is 3.66. The van der Waals surface area contributed by atoms with Crippen molar-refractivity contribution in [3.63, 3.8) is 0 Å². The lowest BCUT2D eigenvalue weighted by atomic mass is 10.1. The van der Waals surface area contributed by atoms with E-state index in [0.717, 1.165) is 11.4 Å². The average Bonchev–Trinajstić information content (AvgIpc) is 2.28. The van der Waals surface area contributed by atoms with Crippen molar-refractivity contribution in [3.8, 4) is 0 Å². The number of nitrogens with one attached hydrogen (secondary N) is 1. The van der Waals surface area contributed by atoms with Crippen LogP contribution in [0, 0.1) is 6.92 Å². The zero-order chi connectivity index (χ0) is 12.1. The molecule has 0 saturated heterocycles. The third-order valence-corrected chi connectivity index (χ3v) is 2.38. The van der Waals surface area contributed by atoms with E-state index >= 15 is 0 Å². The first-order chi connectivity index (χ1) is 7.56. The van der Waals surface area contributed by atoms with Crippen molar-refractivity contribution < 1.29 is 9.53 Å². The monoisotopic (exact) mass is 223 g/mol. The lowest BCUT2D eigenvalue weighted by molar-refractivity contribution is -0.142. The highest BCUT2D eigenvalue weighted by Crippen LogP contribution is 2.12. The van der Waals surface area contributed by atoms with Gasteiger partial charge in [-0.15, -0.1) is 0 Å². The summed E-state index contributed by atoms with van der Waals surface area (Å²) in [7, 11) is 1.37. The molecule has 0 aliphatic carbocycles. The fraction of sp³-hybridized carbons (Fsp3) is 0.545. The zero-order valence-corrected chi connectivity index (χ0v) is 10.0. The van der Waals surface area contributed by atoms with Gasteiger partial charge >= 0.3 is 5.97 Å². The summed E-state index contributed by atoms with van der Waals surface area (Å²) in [5.74, 6) is -0.284. The Hall–Kier alpha value is -1.49. The van der Waals surface area contributed by atoms with Crippen molar-refractivity contribution in [2.75, 3.05) is 7.11 Å². The molecule has 88 valence electrons. The van der Waals surface area contributed by atoms with Crippen LogP contribution in [0.2, 0.25) is 0 Å².